The van der Waals surface area contributed by atoms with Gasteiger partial charge in [-0.15, -0.1) is 0 Å². The largest absolute Gasteiger partial charge is 0.460 e. The number of carbonyl (C=O) groups is 3. The molecule has 1 amide bonds. The summed E-state index contributed by atoms with van der Waals surface area (Å²) >= 11 is 0. The third-order valence-electron chi connectivity index (χ3n) is 6.21. The molecule has 2 aromatic carbocycles. The highest BCUT2D eigenvalue weighted by atomic mass is 32.2. The number of anilines is 1. The molecule has 0 bridgehead atoms. The normalized spacial score (nSPS) is 12.6. The summed E-state index contributed by atoms with van der Waals surface area (Å²) in [6.45, 7) is 19.3. The fourth-order valence-electron chi connectivity index (χ4n) is 4.26. The monoisotopic (exact) mass is 701 g/mol. The molecule has 0 saturated heterocycles. The van der Waals surface area contributed by atoms with Crippen LogP contribution in [0.2, 0.25) is 0 Å². The van der Waals surface area contributed by atoms with Gasteiger partial charge in [-0.05, 0) is 94.8 Å². The smallest absolute Gasteiger partial charge is 0.450 e. The number of hydrogen-bond acceptors (Lipinski definition) is 9. The van der Waals surface area contributed by atoms with Gasteiger partial charge in [-0.2, -0.15) is 0 Å². The van der Waals surface area contributed by atoms with Crippen molar-refractivity contribution in [2.75, 3.05) is 5.06 Å². The van der Waals surface area contributed by atoms with Crippen molar-refractivity contribution in [1.29, 1.82) is 0 Å². The van der Waals surface area contributed by atoms with Gasteiger partial charge in [-0.1, -0.05) is 62.2 Å². The minimum absolute atomic E-state index is 0.0748. The molecule has 268 valence electrons. The first kappa shape index (κ1) is 40.8. The maximum absolute atomic E-state index is 13.9. The van der Waals surface area contributed by atoms with E-state index in [0.29, 0.717) is 5.06 Å². The Morgan fingerprint density at radius 2 is 1.39 bits per heavy atom. The van der Waals surface area contributed by atoms with E-state index in [1.54, 1.807) is 32.9 Å². The number of rotatable bonds is 7. The first-order chi connectivity index (χ1) is 22.4. The molecule has 11 nitrogen and oxygen atoms in total. The number of halogens is 1. The van der Waals surface area contributed by atoms with Crippen molar-refractivity contribution in [2.45, 2.75) is 110 Å². The van der Waals surface area contributed by atoms with Gasteiger partial charge in [0.05, 0.1) is 16.6 Å². The minimum Gasteiger partial charge on any atom is -0.460 e. The summed E-state index contributed by atoms with van der Waals surface area (Å²) in [5.74, 6) is -1.80. The van der Waals surface area contributed by atoms with E-state index in [1.165, 1.54) is 25.1 Å². The lowest BCUT2D eigenvalue weighted by molar-refractivity contribution is -0.152. The van der Waals surface area contributed by atoms with E-state index in [9.17, 15) is 27.2 Å². The molecular weight excluding hydrogens is 653 g/mol. The van der Waals surface area contributed by atoms with Crippen LogP contribution in [0.4, 0.5) is 15.0 Å². The zero-order chi connectivity index (χ0) is 37.4. The van der Waals surface area contributed by atoms with Gasteiger partial charge in [-0.3, -0.25) is 4.79 Å². The van der Waals surface area contributed by atoms with Gasteiger partial charge < -0.3 is 14.3 Å². The highest BCUT2D eigenvalue weighted by Gasteiger charge is 2.29. The van der Waals surface area contributed by atoms with Crippen LogP contribution in [-0.2, 0) is 45.8 Å². The molecule has 3 rings (SSSR count). The molecule has 0 fully saturated rings. The van der Waals surface area contributed by atoms with Gasteiger partial charge in [0.25, 0.3) is 0 Å². The van der Waals surface area contributed by atoms with Gasteiger partial charge in [-0.25, -0.2) is 32.1 Å². The second kappa shape index (κ2) is 16.4. The maximum Gasteiger partial charge on any atom is 0.450 e. The number of amides is 1. The fourth-order valence-corrected chi connectivity index (χ4v) is 5.50. The maximum atomic E-state index is 13.9. The lowest BCUT2D eigenvalue weighted by Crippen LogP contribution is -2.39. The molecule has 1 heterocycles. The molecule has 0 aliphatic carbocycles. The van der Waals surface area contributed by atoms with Gasteiger partial charge in [0.15, 0.2) is 5.82 Å². The van der Waals surface area contributed by atoms with Crippen LogP contribution < -0.4 is 9.79 Å². The molecule has 0 aliphatic heterocycles. The summed E-state index contributed by atoms with van der Waals surface area (Å²) < 4.78 is 53.3. The lowest BCUT2D eigenvalue weighted by Gasteiger charge is -2.26. The number of nitrogens with one attached hydrogen (secondary N) is 1. The van der Waals surface area contributed by atoms with E-state index in [4.69, 9.17) is 14.3 Å². The van der Waals surface area contributed by atoms with Crippen LogP contribution in [0.25, 0.3) is 0 Å². The Labute approximate surface area is 289 Å². The zero-order valence-electron chi connectivity index (χ0n) is 30.1. The van der Waals surface area contributed by atoms with Gasteiger partial charge in [0, 0.05) is 13.8 Å². The first-order valence-corrected chi connectivity index (χ1v) is 17.1. The molecule has 0 saturated carbocycles. The summed E-state index contributed by atoms with van der Waals surface area (Å²) in [5.41, 5.74) is 0.840. The van der Waals surface area contributed by atoms with E-state index in [0.717, 1.165) is 30.2 Å². The summed E-state index contributed by atoms with van der Waals surface area (Å²) in [6, 6.07) is 16.0. The molecule has 1 unspecified atom stereocenters. The average Bonchev–Trinajstić information content (AvgIpc) is 2.93. The molecule has 13 heteroatoms. The van der Waals surface area contributed by atoms with E-state index >= 15 is 0 Å². The van der Waals surface area contributed by atoms with Gasteiger partial charge in [0.2, 0.25) is 10.0 Å². The number of benzene rings is 2. The van der Waals surface area contributed by atoms with Crippen molar-refractivity contribution in [2.24, 2.45) is 0 Å². The summed E-state index contributed by atoms with van der Waals surface area (Å²) in [5, 5.41) is 0.618. The fraction of sp³-hybridized carbons (Fsp3) is 0.444. The van der Waals surface area contributed by atoms with E-state index in [-0.39, 0.29) is 39.8 Å². The highest BCUT2D eigenvalue weighted by molar-refractivity contribution is 7.89. The molecule has 3 aromatic rings. The zero-order valence-corrected chi connectivity index (χ0v) is 30.9. The van der Waals surface area contributed by atoms with Crippen molar-refractivity contribution < 1.29 is 41.5 Å². The lowest BCUT2D eigenvalue weighted by atomic mass is 9.86. The van der Waals surface area contributed by atoms with Crippen molar-refractivity contribution in [1.82, 2.24) is 9.71 Å². The second-order valence-corrected chi connectivity index (χ2v) is 16.0. The number of esters is 1. The third-order valence-corrected chi connectivity index (χ3v) is 7.68. The Morgan fingerprint density at radius 3 is 1.86 bits per heavy atom. The number of hydrogen-bond donors (Lipinski definition) is 1. The Balaban J connectivity index is 0.000000924. The topological polar surface area (TPSA) is 141 Å². The predicted octanol–water partition coefficient (Wildman–Crippen LogP) is 7.35. The predicted molar refractivity (Wildman–Crippen MR) is 185 cm³/mol. The molecular formula is C36H48FN3O8S. The Bertz CT molecular complexity index is 1710. The van der Waals surface area contributed by atoms with Crippen molar-refractivity contribution in [3.63, 3.8) is 0 Å². The highest BCUT2D eigenvalue weighted by Crippen LogP contribution is 2.27. The van der Waals surface area contributed by atoms with Crippen LogP contribution in [0.15, 0.2) is 71.6 Å². The molecule has 0 radical (unpaired) electrons. The molecule has 0 spiro atoms. The van der Waals surface area contributed by atoms with Crippen LogP contribution in [-0.4, -0.2) is 42.6 Å². The first-order valence-electron chi connectivity index (χ1n) is 15.6. The third kappa shape index (κ3) is 14.3. The van der Waals surface area contributed by atoms with Crippen molar-refractivity contribution in [3.8, 4) is 0 Å². The summed E-state index contributed by atoms with van der Waals surface area (Å²) in [6.07, 6.45) is -0.804. The van der Waals surface area contributed by atoms with Crippen LogP contribution in [0, 0.1) is 5.82 Å². The number of ether oxygens (including phenoxy) is 2. The van der Waals surface area contributed by atoms with Crippen LogP contribution in [0.5, 0.6) is 0 Å². The molecule has 1 aromatic heterocycles. The second-order valence-electron chi connectivity index (χ2n) is 14.3. The Hall–Kier alpha value is -4.36. The summed E-state index contributed by atoms with van der Waals surface area (Å²) in [4.78, 5) is 44.2. The minimum atomic E-state index is -4.19. The quantitative estimate of drug-likeness (QED) is 0.198. The standard InChI is InChI=1S/C30H36FN3O6S.C6H12O2/c1-20(35)40-34(28(36)39-30(5,6)7)27-13-9-12-25(32-27)26(18-21-14-16-22(17-15-21)29(2,3)4)33-41(37,38)24-11-8-10-23(31)19-24;1-5(7)8-6(2,3)4/h8-17,19,26,33H,18H2,1-7H3;1-4H3. The average molecular weight is 702 g/mol. The number of pyridine rings is 1. The van der Waals surface area contributed by atoms with Crippen LogP contribution in [0.1, 0.15) is 99.0 Å². The molecule has 49 heavy (non-hydrogen) atoms. The van der Waals surface area contributed by atoms with Crippen molar-refractivity contribution >= 4 is 33.9 Å². The van der Waals surface area contributed by atoms with E-state index < -0.39 is 39.5 Å². The molecule has 1 N–H and O–H groups in total. The number of carbonyl (C=O) groups excluding carboxylic acids is 3. The Kier molecular flexibility index (Phi) is 13.6. The number of hydroxylamine groups is 1. The number of sulfonamides is 1. The SMILES string of the molecule is CC(=O)OC(C)(C)C.CC(=O)ON(C(=O)OC(C)(C)C)c1cccc(C(Cc2ccc(C(C)(C)C)cc2)NS(=O)(=O)c2cccc(F)c2)n1. The van der Waals surface area contributed by atoms with Crippen molar-refractivity contribution in [3.05, 3.63) is 89.4 Å². The molecule has 1 atom stereocenters. The Morgan fingerprint density at radius 1 is 0.816 bits per heavy atom. The van der Waals surface area contributed by atoms with Crippen LogP contribution >= 0.6 is 0 Å². The van der Waals surface area contributed by atoms with Crippen LogP contribution in [0.3, 0.4) is 0 Å². The van der Waals surface area contributed by atoms with Gasteiger partial charge in [0.1, 0.15) is 17.0 Å². The number of nitrogens with zero attached hydrogens (tertiary/aromatic N) is 2. The summed E-state index contributed by atoms with van der Waals surface area (Å²) in [7, 11) is -4.19. The number of aromatic nitrogens is 1. The van der Waals surface area contributed by atoms with Gasteiger partial charge >= 0.3 is 18.0 Å². The molecule has 0 aliphatic rings. The van der Waals surface area contributed by atoms with E-state index in [1.807, 2.05) is 45.0 Å². The van der Waals surface area contributed by atoms with E-state index in [2.05, 4.69) is 30.5 Å².